The first-order chi connectivity index (χ1) is 9.50. The Morgan fingerprint density at radius 3 is 2.55 bits per heavy atom. The van der Waals surface area contributed by atoms with Crippen molar-refractivity contribution in [3.63, 3.8) is 0 Å². The molecule has 20 heavy (non-hydrogen) atoms. The summed E-state index contributed by atoms with van der Waals surface area (Å²) in [6, 6.07) is 5.27. The normalized spacial score (nSPS) is 18.4. The minimum absolute atomic E-state index is 0.164. The van der Waals surface area contributed by atoms with E-state index in [1.807, 2.05) is 13.0 Å². The number of benzene rings is 1. The van der Waals surface area contributed by atoms with Gasteiger partial charge in [0.1, 0.15) is 0 Å². The van der Waals surface area contributed by atoms with Crippen molar-refractivity contribution < 1.29 is 13.2 Å². The molecular formula is C14H20ClNO3S. The zero-order chi connectivity index (χ0) is 14.8. The van der Waals surface area contributed by atoms with Crippen LogP contribution in [0.4, 0.5) is 0 Å². The molecule has 0 aliphatic carbocycles. The molecule has 1 aliphatic rings. The molecule has 6 heteroatoms. The third kappa shape index (κ3) is 3.01. The molecule has 1 saturated heterocycles. The number of ether oxygens (including phenoxy) is 1. The Bertz CT molecular complexity index is 566. The van der Waals surface area contributed by atoms with Crippen LogP contribution < -0.4 is 0 Å². The number of hydrogen-bond donors (Lipinski definition) is 0. The highest BCUT2D eigenvalue weighted by atomic mass is 35.5. The largest absolute Gasteiger partial charge is 0.381 e. The maximum absolute atomic E-state index is 12.7. The fourth-order valence-electron chi connectivity index (χ4n) is 2.53. The van der Waals surface area contributed by atoms with Crippen molar-refractivity contribution in [1.29, 1.82) is 0 Å². The van der Waals surface area contributed by atoms with Crippen LogP contribution in [0.15, 0.2) is 23.1 Å². The van der Waals surface area contributed by atoms with Gasteiger partial charge in [-0.1, -0.05) is 12.1 Å². The number of rotatable bonds is 4. The van der Waals surface area contributed by atoms with Gasteiger partial charge in [-0.25, -0.2) is 8.42 Å². The van der Waals surface area contributed by atoms with Crippen molar-refractivity contribution in [2.24, 2.45) is 0 Å². The Hall–Kier alpha value is -0.620. The van der Waals surface area contributed by atoms with E-state index in [4.69, 9.17) is 16.3 Å². The van der Waals surface area contributed by atoms with Crippen LogP contribution in [0.3, 0.4) is 0 Å². The molecule has 0 N–H and O–H groups in total. The van der Waals surface area contributed by atoms with Gasteiger partial charge >= 0.3 is 0 Å². The molecule has 0 spiro atoms. The van der Waals surface area contributed by atoms with E-state index in [1.54, 1.807) is 23.5 Å². The molecule has 1 aromatic rings. The van der Waals surface area contributed by atoms with Crippen molar-refractivity contribution in [3.05, 3.63) is 29.3 Å². The van der Waals surface area contributed by atoms with E-state index in [-0.39, 0.29) is 6.10 Å². The molecule has 0 bridgehead atoms. The summed E-state index contributed by atoms with van der Waals surface area (Å²) in [5.74, 6) is 0.320. The van der Waals surface area contributed by atoms with E-state index in [0.29, 0.717) is 23.9 Å². The topological polar surface area (TPSA) is 46.6 Å². The van der Waals surface area contributed by atoms with Gasteiger partial charge in [0.2, 0.25) is 10.0 Å². The number of halogens is 1. The van der Waals surface area contributed by atoms with Gasteiger partial charge in [0.25, 0.3) is 0 Å². The number of hydrogen-bond acceptors (Lipinski definition) is 3. The van der Waals surface area contributed by atoms with Gasteiger partial charge in [-0.3, -0.25) is 0 Å². The van der Waals surface area contributed by atoms with Crippen LogP contribution in [0.2, 0.25) is 0 Å². The molecule has 1 fully saturated rings. The monoisotopic (exact) mass is 317 g/mol. The molecule has 2 rings (SSSR count). The minimum Gasteiger partial charge on any atom is -0.381 e. The van der Waals surface area contributed by atoms with Gasteiger partial charge in [-0.15, -0.1) is 11.6 Å². The van der Waals surface area contributed by atoms with Crippen molar-refractivity contribution >= 4 is 21.6 Å². The van der Waals surface area contributed by atoms with Gasteiger partial charge < -0.3 is 4.74 Å². The lowest BCUT2D eigenvalue weighted by atomic mass is 10.1. The summed E-state index contributed by atoms with van der Waals surface area (Å²) in [5.41, 5.74) is 1.61. The standard InChI is InChI=1S/C14H20ClNO3S/c1-11-12(10-15)4-3-5-14(11)20(17,18)16-8-6-13(19-2)7-9-16/h3-5,13H,6-10H2,1-2H3. The van der Waals surface area contributed by atoms with E-state index < -0.39 is 10.0 Å². The van der Waals surface area contributed by atoms with Crippen LogP contribution in [-0.4, -0.2) is 39.0 Å². The summed E-state index contributed by atoms with van der Waals surface area (Å²) in [6.07, 6.45) is 1.64. The summed E-state index contributed by atoms with van der Waals surface area (Å²) in [5, 5.41) is 0. The molecule has 0 aromatic heterocycles. The Morgan fingerprint density at radius 1 is 1.35 bits per heavy atom. The minimum atomic E-state index is -3.44. The highest BCUT2D eigenvalue weighted by molar-refractivity contribution is 7.89. The van der Waals surface area contributed by atoms with Crippen molar-refractivity contribution in [2.75, 3.05) is 20.2 Å². The number of alkyl halides is 1. The average molecular weight is 318 g/mol. The zero-order valence-electron chi connectivity index (χ0n) is 11.8. The quantitative estimate of drug-likeness (QED) is 0.802. The smallest absolute Gasteiger partial charge is 0.243 e. The molecule has 1 aromatic carbocycles. The first-order valence-corrected chi connectivity index (χ1v) is 8.65. The number of piperidine rings is 1. The summed E-state index contributed by atoms with van der Waals surface area (Å²) in [7, 11) is -1.77. The predicted octanol–water partition coefficient (Wildman–Crippen LogP) is 2.53. The van der Waals surface area contributed by atoms with Crippen LogP contribution in [0.1, 0.15) is 24.0 Å². The highest BCUT2D eigenvalue weighted by Crippen LogP contribution is 2.26. The third-order valence-electron chi connectivity index (χ3n) is 3.89. The molecule has 0 amide bonds. The number of methoxy groups -OCH3 is 1. The zero-order valence-corrected chi connectivity index (χ0v) is 13.4. The molecule has 1 aliphatic heterocycles. The summed E-state index contributed by atoms with van der Waals surface area (Å²) in [4.78, 5) is 0.367. The predicted molar refractivity (Wildman–Crippen MR) is 79.5 cm³/mol. The Labute approximate surface area is 125 Å². The van der Waals surface area contributed by atoms with Crippen molar-refractivity contribution in [1.82, 2.24) is 4.31 Å². The fraction of sp³-hybridized carbons (Fsp3) is 0.571. The van der Waals surface area contributed by atoms with Crippen LogP contribution in [0.5, 0.6) is 0 Å². The lowest BCUT2D eigenvalue weighted by Crippen LogP contribution is -2.40. The van der Waals surface area contributed by atoms with Crippen molar-refractivity contribution in [2.45, 2.75) is 36.6 Å². The first-order valence-electron chi connectivity index (χ1n) is 6.68. The maximum Gasteiger partial charge on any atom is 0.243 e. The Morgan fingerprint density at radius 2 is 2.00 bits per heavy atom. The van der Waals surface area contributed by atoms with Crippen molar-refractivity contribution in [3.8, 4) is 0 Å². The Kier molecular flexibility index (Phi) is 5.07. The molecule has 0 atom stereocenters. The molecule has 4 nitrogen and oxygen atoms in total. The Balaban J connectivity index is 2.27. The van der Waals surface area contributed by atoms with Gasteiger partial charge in [-0.2, -0.15) is 4.31 Å². The lowest BCUT2D eigenvalue weighted by Gasteiger charge is -2.31. The third-order valence-corrected chi connectivity index (χ3v) is 6.22. The van der Waals surface area contributed by atoms with Gasteiger partial charge in [0.05, 0.1) is 11.0 Å². The van der Waals surface area contributed by atoms with E-state index in [0.717, 1.165) is 24.0 Å². The SMILES string of the molecule is COC1CCN(S(=O)(=O)c2cccc(CCl)c2C)CC1. The number of sulfonamides is 1. The van der Waals surface area contributed by atoms with E-state index >= 15 is 0 Å². The highest BCUT2D eigenvalue weighted by Gasteiger charge is 2.30. The van der Waals surface area contributed by atoms with Crippen LogP contribution >= 0.6 is 11.6 Å². The first kappa shape index (κ1) is 15.8. The van der Waals surface area contributed by atoms with Crippen LogP contribution in [0, 0.1) is 6.92 Å². The molecular weight excluding hydrogens is 298 g/mol. The van der Waals surface area contributed by atoms with Gasteiger partial charge in [-0.05, 0) is 37.0 Å². The molecule has 1 heterocycles. The lowest BCUT2D eigenvalue weighted by molar-refractivity contribution is 0.0604. The second kappa shape index (κ2) is 6.43. The van der Waals surface area contributed by atoms with Crippen LogP contribution in [-0.2, 0) is 20.6 Å². The molecule has 0 unspecified atom stereocenters. The summed E-state index contributed by atoms with van der Waals surface area (Å²) in [6.45, 7) is 2.82. The second-order valence-corrected chi connectivity index (χ2v) is 7.19. The number of nitrogens with zero attached hydrogens (tertiary/aromatic N) is 1. The average Bonchev–Trinajstić information content (AvgIpc) is 2.47. The summed E-state index contributed by atoms with van der Waals surface area (Å²) < 4.78 is 32.3. The molecule has 0 saturated carbocycles. The second-order valence-electron chi connectivity index (χ2n) is 5.01. The van der Waals surface area contributed by atoms with Gasteiger partial charge in [0, 0.05) is 26.1 Å². The van der Waals surface area contributed by atoms with E-state index in [2.05, 4.69) is 0 Å². The molecule has 112 valence electrons. The van der Waals surface area contributed by atoms with Gasteiger partial charge in [0.15, 0.2) is 0 Å². The fourth-order valence-corrected chi connectivity index (χ4v) is 4.56. The van der Waals surface area contributed by atoms with Crippen LogP contribution in [0.25, 0.3) is 0 Å². The van der Waals surface area contributed by atoms with E-state index in [1.165, 1.54) is 0 Å². The summed E-state index contributed by atoms with van der Waals surface area (Å²) >= 11 is 5.85. The molecule has 0 radical (unpaired) electrons. The van der Waals surface area contributed by atoms with E-state index in [9.17, 15) is 8.42 Å². The maximum atomic E-state index is 12.7.